The molecule has 0 spiro atoms. The van der Waals surface area contributed by atoms with Crippen molar-refractivity contribution in [2.45, 2.75) is 82.4 Å². The lowest BCUT2D eigenvalue weighted by atomic mass is 9.96. The minimum absolute atomic E-state index is 0.0626. The normalized spacial score (nSPS) is 18.4. The van der Waals surface area contributed by atoms with E-state index in [2.05, 4.69) is 27.1 Å². The van der Waals surface area contributed by atoms with Crippen molar-refractivity contribution in [3.05, 3.63) is 78.1 Å². The highest BCUT2D eigenvalue weighted by atomic mass is 32.2. The molecule has 5 rings (SSSR count). The first-order chi connectivity index (χ1) is 22.6. The van der Waals surface area contributed by atoms with Gasteiger partial charge in [-0.15, -0.1) is 0 Å². The molecule has 3 aromatic carbocycles. The van der Waals surface area contributed by atoms with Crippen molar-refractivity contribution >= 4 is 27.6 Å². The molecule has 47 heavy (non-hydrogen) atoms. The Balaban J connectivity index is 1.51. The fourth-order valence-corrected chi connectivity index (χ4v) is 7.04. The van der Waals surface area contributed by atoms with Crippen molar-refractivity contribution < 1.29 is 22.3 Å². The zero-order valence-corrected chi connectivity index (χ0v) is 28.4. The summed E-state index contributed by atoms with van der Waals surface area (Å²) in [6.45, 7) is 6.24. The van der Waals surface area contributed by atoms with E-state index in [-0.39, 0.29) is 29.6 Å². The van der Waals surface area contributed by atoms with Crippen LogP contribution in [0.4, 0.5) is 14.9 Å². The Labute approximate surface area is 278 Å². The van der Waals surface area contributed by atoms with E-state index in [4.69, 9.17) is 9.73 Å². The third-order valence-electron chi connectivity index (χ3n) is 8.59. The minimum atomic E-state index is -3.72. The molecule has 9 nitrogen and oxygen atoms in total. The number of nitrogens with one attached hydrogen (secondary N) is 2. The van der Waals surface area contributed by atoms with E-state index >= 15 is 0 Å². The lowest BCUT2D eigenvalue weighted by Crippen LogP contribution is -2.48. The van der Waals surface area contributed by atoms with E-state index in [1.165, 1.54) is 37.7 Å². The number of carbonyl (C=O) groups is 1. The molecule has 2 fully saturated rings. The summed E-state index contributed by atoms with van der Waals surface area (Å²) in [5.74, 6) is 0.970. The van der Waals surface area contributed by atoms with Crippen molar-refractivity contribution in [3.8, 4) is 16.9 Å². The Kier molecular flexibility index (Phi) is 11.7. The molecule has 0 radical (unpaired) electrons. The van der Waals surface area contributed by atoms with Gasteiger partial charge in [0.05, 0.1) is 22.7 Å². The number of ether oxygens (including phenoxy) is 1. The van der Waals surface area contributed by atoms with Crippen molar-refractivity contribution in [1.29, 1.82) is 0 Å². The van der Waals surface area contributed by atoms with Crippen LogP contribution >= 0.6 is 0 Å². The van der Waals surface area contributed by atoms with Gasteiger partial charge in [0.2, 0.25) is 10.0 Å². The maximum Gasteiger partial charge on any atom is 0.327 e. The number of hydrogen-bond donors (Lipinski definition) is 2. The Morgan fingerprint density at radius 2 is 1.77 bits per heavy atom. The van der Waals surface area contributed by atoms with Gasteiger partial charge in [-0.2, -0.15) is 0 Å². The third kappa shape index (κ3) is 9.39. The number of carbonyl (C=O) groups excluding carboxylic acids is 1. The molecule has 11 heteroatoms. The summed E-state index contributed by atoms with van der Waals surface area (Å²) in [5, 5.41) is 3.09. The van der Waals surface area contributed by atoms with Gasteiger partial charge in [0, 0.05) is 31.6 Å². The maximum atomic E-state index is 15.0. The van der Waals surface area contributed by atoms with E-state index in [9.17, 15) is 17.6 Å². The van der Waals surface area contributed by atoms with Gasteiger partial charge in [0.25, 0.3) is 0 Å². The van der Waals surface area contributed by atoms with Crippen LogP contribution < -0.4 is 19.7 Å². The Morgan fingerprint density at radius 1 is 0.979 bits per heavy atom. The first-order valence-electron chi connectivity index (χ1n) is 16.6. The molecule has 3 aromatic rings. The molecule has 2 aliphatic rings. The van der Waals surface area contributed by atoms with Gasteiger partial charge < -0.3 is 4.74 Å². The second-order valence-corrected chi connectivity index (χ2v) is 14.4. The van der Waals surface area contributed by atoms with E-state index in [1.807, 2.05) is 26.0 Å². The standard InChI is InChI=1S/C36H46FN5O4S/c1-26(2)46-31-14-7-10-27(22-31)25-41-19-9-16-35(39-30-12-5-4-6-13-30)40-36(43)42(21-20-41)34-24-29(37)17-18-33(34)28-11-8-15-32(23-28)47(44,45)38-3/h7-8,10-11,14-15,17-18,22-24,26,30,38H,4-6,9,12-13,16,19-21,25H2,1-3H3,(H,39,40,43). The van der Waals surface area contributed by atoms with Crippen LogP contribution in [0.1, 0.15) is 64.4 Å². The molecule has 0 bridgehead atoms. The number of amidine groups is 1. The number of rotatable bonds is 9. The Hall–Kier alpha value is -3.80. The summed E-state index contributed by atoms with van der Waals surface area (Å²) in [6.07, 6.45) is 6.97. The summed E-state index contributed by atoms with van der Waals surface area (Å²) in [6, 6.07) is 18.6. The summed E-state index contributed by atoms with van der Waals surface area (Å²) >= 11 is 0. The van der Waals surface area contributed by atoms with Crippen molar-refractivity contribution in [2.24, 2.45) is 4.99 Å². The van der Waals surface area contributed by atoms with E-state index < -0.39 is 15.8 Å². The van der Waals surface area contributed by atoms with E-state index in [0.717, 1.165) is 50.0 Å². The van der Waals surface area contributed by atoms with Gasteiger partial charge in [0.15, 0.2) is 0 Å². The molecule has 1 heterocycles. The van der Waals surface area contributed by atoms with Crippen LogP contribution in [-0.4, -0.2) is 64.0 Å². The number of benzene rings is 3. The van der Waals surface area contributed by atoms with Crippen molar-refractivity contribution in [3.63, 3.8) is 0 Å². The second kappa shape index (κ2) is 15.9. The number of hydrogen-bond acceptors (Lipinski definition) is 6. The molecule has 0 aromatic heterocycles. The molecule has 0 unspecified atom stereocenters. The third-order valence-corrected chi connectivity index (χ3v) is 10.0. The molecule has 1 aliphatic heterocycles. The number of nitrogens with zero attached hydrogens (tertiary/aromatic N) is 3. The summed E-state index contributed by atoms with van der Waals surface area (Å²) < 4.78 is 48.5. The molecule has 252 valence electrons. The van der Waals surface area contributed by atoms with Gasteiger partial charge in [-0.3, -0.25) is 20.1 Å². The Bertz CT molecular complexity index is 1670. The molecule has 2 N–H and O–H groups in total. The molecular formula is C36H46FN5O4S. The molecule has 2 amide bonds. The van der Waals surface area contributed by atoms with Gasteiger partial charge in [-0.05, 0) is 100 Å². The quantitative estimate of drug-likeness (QED) is 0.264. The average molecular weight is 664 g/mol. The highest BCUT2D eigenvalue weighted by molar-refractivity contribution is 7.89. The lowest BCUT2D eigenvalue weighted by Gasteiger charge is -2.31. The second-order valence-electron chi connectivity index (χ2n) is 12.5. The predicted octanol–water partition coefficient (Wildman–Crippen LogP) is 6.73. The number of aliphatic imine (C=N–C) groups is 1. The summed E-state index contributed by atoms with van der Waals surface area (Å²) in [7, 11) is -2.37. The van der Waals surface area contributed by atoms with Crippen LogP contribution in [0.2, 0.25) is 0 Å². The van der Waals surface area contributed by atoms with Gasteiger partial charge in [-0.25, -0.2) is 22.3 Å². The van der Waals surface area contributed by atoms with E-state index in [0.29, 0.717) is 42.2 Å². The van der Waals surface area contributed by atoms with Crippen LogP contribution in [0.5, 0.6) is 5.75 Å². The number of urea groups is 1. The van der Waals surface area contributed by atoms with Crippen LogP contribution in [0.3, 0.4) is 0 Å². The molecule has 0 atom stereocenters. The minimum Gasteiger partial charge on any atom is -0.491 e. The molecule has 1 saturated carbocycles. The van der Waals surface area contributed by atoms with Crippen molar-refractivity contribution in [1.82, 2.24) is 14.9 Å². The first-order valence-corrected chi connectivity index (χ1v) is 18.1. The SMILES string of the molecule is CNS(=O)(=O)c1cccc(-c2ccc(F)cc2N2CCN(Cc3cccc(OC(C)C)c3)CCCC(=NC3CCCCC3)NC2=O)c1. The van der Waals surface area contributed by atoms with E-state index in [1.54, 1.807) is 23.1 Å². The number of anilines is 1. The number of amides is 2. The highest BCUT2D eigenvalue weighted by Crippen LogP contribution is 2.33. The fourth-order valence-electron chi connectivity index (χ4n) is 6.26. The monoisotopic (exact) mass is 663 g/mol. The Morgan fingerprint density at radius 3 is 2.53 bits per heavy atom. The van der Waals surface area contributed by atoms with Gasteiger partial charge >= 0.3 is 6.03 Å². The average Bonchev–Trinajstić information content (AvgIpc) is 3.05. The van der Waals surface area contributed by atoms with Crippen LogP contribution in [-0.2, 0) is 16.6 Å². The maximum absolute atomic E-state index is 15.0. The highest BCUT2D eigenvalue weighted by Gasteiger charge is 2.25. The molecular weight excluding hydrogens is 617 g/mol. The summed E-state index contributed by atoms with van der Waals surface area (Å²) in [4.78, 5) is 23.1. The van der Waals surface area contributed by atoms with Gasteiger partial charge in [-0.1, -0.05) is 43.5 Å². The number of sulfonamides is 1. The van der Waals surface area contributed by atoms with Crippen LogP contribution in [0.25, 0.3) is 11.1 Å². The predicted molar refractivity (Wildman–Crippen MR) is 185 cm³/mol. The van der Waals surface area contributed by atoms with Gasteiger partial charge in [0.1, 0.15) is 17.4 Å². The first kappa shape index (κ1) is 34.5. The molecule has 1 saturated heterocycles. The lowest BCUT2D eigenvalue weighted by molar-refractivity contribution is 0.238. The fraction of sp³-hybridized carbons (Fsp3) is 0.444. The van der Waals surface area contributed by atoms with Crippen molar-refractivity contribution in [2.75, 3.05) is 31.6 Å². The zero-order valence-electron chi connectivity index (χ0n) is 27.5. The largest absolute Gasteiger partial charge is 0.491 e. The topological polar surface area (TPSA) is 103 Å². The summed E-state index contributed by atoms with van der Waals surface area (Å²) in [5.41, 5.74) is 2.55. The van der Waals surface area contributed by atoms with Crippen LogP contribution in [0.15, 0.2) is 76.6 Å². The number of halogens is 1. The smallest absolute Gasteiger partial charge is 0.327 e. The van der Waals surface area contributed by atoms with Crippen LogP contribution in [0, 0.1) is 5.82 Å². The zero-order chi connectivity index (χ0) is 33.4. The molecule has 1 aliphatic carbocycles.